The van der Waals surface area contributed by atoms with Crippen molar-refractivity contribution >= 4 is 44.7 Å². The number of amides is 1. The van der Waals surface area contributed by atoms with Gasteiger partial charge in [-0.2, -0.15) is 0 Å². The smallest absolute Gasteiger partial charge is 0.284 e. The zero-order valence-corrected chi connectivity index (χ0v) is 13.2. The molecule has 104 valence electrons. The molecule has 1 heterocycles. The number of aromatic hydroxyl groups is 1. The van der Waals surface area contributed by atoms with Gasteiger partial charge >= 0.3 is 0 Å². The predicted molar refractivity (Wildman–Crippen MR) is 89.4 cm³/mol. The average molecular weight is 360 g/mol. The molecule has 3 rings (SSSR count). The highest BCUT2D eigenvalue weighted by Gasteiger charge is 2.23. The number of phenols is 1. The standard InChI is InChI=1S/C16H10BrNO2S/c17-12-6-7-13(19)11(8-12)9-14-15(20)18-16(21-14)10-4-2-1-3-5-10/h1-9,19H/b14-9+. The molecule has 2 aromatic rings. The van der Waals surface area contributed by atoms with Gasteiger partial charge in [-0.1, -0.05) is 58.0 Å². The summed E-state index contributed by atoms with van der Waals surface area (Å²) >= 11 is 4.67. The highest BCUT2D eigenvalue weighted by Crippen LogP contribution is 2.33. The number of benzene rings is 2. The minimum Gasteiger partial charge on any atom is -0.507 e. The van der Waals surface area contributed by atoms with Gasteiger partial charge in [0.1, 0.15) is 10.8 Å². The Bertz CT molecular complexity index is 769. The number of hydrogen-bond donors (Lipinski definition) is 1. The van der Waals surface area contributed by atoms with E-state index in [1.807, 2.05) is 30.3 Å². The van der Waals surface area contributed by atoms with Crippen LogP contribution in [0.4, 0.5) is 0 Å². The lowest BCUT2D eigenvalue weighted by Crippen LogP contribution is -1.89. The lowest BCUT2D eigenvalue weighted by atomic mass is 10.2. The van der Waals surface area contributed by atoms with E-state index < -0.39 is 0 Å². The number of carbonyl (C=O) groups is 1. The van der Waals surface area contributed by atoms with E-state index >= 15 is 0 Å². The Kier molecular flexibility index (Phi) is 3.94. The van der Waals surface area contributed by atoms with Crippen LogP contribution in [0, 0.1) is 0 Å². The molecule has 0 aromatic heterocycles. The van der Waals surface area contributed by atoms with Crippen LogP contribution in [0.25, 0.3) is 6.08 Å². The molecular weight excluding hydrogens is 350 g/mol. The minimum atomic E-state index is -0.279. The fraction of sp³-hybridized carbons (Fsp3) is 0. The van der Waals surface area contributed by atoms with Crippen molar-refractivity contribution in [3.05, 3.63) is 69.0 Å². The van der Waals surface area contributed by atoms with Gasteiger partial charge in [0.2, 0.25) is 0 Å². The van der Waals surface area contributed by atoms with Crippen LogP contribution in [0.1, 0.15) is 11.1 Å². The first-order chi connectivity index (χ1) is 10.1. The van der Waals surface area contributed by atoms with E-state index in [9.17, 15) is 9.90 Å². The van der Waals surface area contributed by atoms with Crippen LogP contribution in [-0.4, -0.2) is 16.1 Å². The van der Waals surface area contributed by atoms with Gasteiger partial charge in [-0.15, -0.1) is 0 Å². The van der Waals surface area contributed by atoms with Gasteiger partial charge in [-0.3, -0.25) is 4.79 Å². The topological polar surface area (TPSA) is 49.7 Å². The summed E-state index contributed by atoms with van der Waals surface area (Å²) in [5.41, 5.74) is 1.50. The summed E-state index contributed by atoms with van der Waals surface area (Å²) in [4.78, 5) is 16.6. The number of halogens is 1. The second-order valence-electron chi connectivity index (χ2n) is 4.40. The van der Waals surface area contributed by atoms with E-state index in [0.29, 0.717) is 15.5 Å². The van der Waals surface area contributed by atoms with Crippen molar-refractivity contribution in [3.8, 4) is 5.75 Å². The first-order valence-electron chi connectivity index (χ1n) is 6.20. The maximum absolute atomic E-state index is 12.0. The molecule has 0 aliphatic carbocycles. The van der Waals surface area contributed by atoms with Crippen LogP contribution in [0.5, 0.6) is 5.75 Å². The summed E-state index contributed by atoms with van der Waals surface area (Å²) in [6, 6.07) is 14.7. The number of rotatable bonds is 2. The van der Waals surface area contributed by atoms with Crippen LogP contribution in [0.2, 0.25) is 0 Å². The Hall–Kier alpha value is -1.85. The number of thioether (sulfide) groups is 1. The summed E-state index contributed by atoms with van der Waals surface area (Å²) < 4.78 is 0.840. The molecule has 0 radical (unpaired) electrons. The van der Waals surface area contributed by atoms with E-state index in [1.165, 1.54) is 11.8 Å². The highest BCUT2D eigenvalue weighted by molar-refractivity contribution is 9.10. The first-order valence-corrected chi connectivity index (χ1v) is 7.81. The molecule has 0 bridgehead atoms. The maximum Gasteiger partial charge on any atom is 0.284 e. The second kappa shape index (κ2) is 5.87. The Morgan fingerprint density at radius 2 is 1.90 bits per heavy atom. The normalized spacial score (nSPS) is 16.3. The minimum absolute atomic E-state index is 0.132. The van der Waals surface area contributed by atoms with Crippen molar-refractivity contribution < 1.29 is 9.90 Å². The fourth-order valence-electron chi connectivity index (χ4n) is 1.90. The van der Waals surface area contributed by atoms with Crippen molar-refractivity contribution in [3.63, 3.8) is 0 Å². The molecule has 5 heteroatoms. The zero-order valence-electron chi connectivity index (χ0n) is 10.8. The van der Waals surface area contributed by atoms with E-state index in [0.717, 1.165) is 10.0 Å². The molecule has 0 unspecified atom stereocenters. The van der Waals surface area contributed by atoms with Crippen LogP contribution in [0.15, 0.2) is 62.9 Å². The number of nitrogens with zero attached hydrogens (tertiary/aromatic N) is 1. The van der Waals surface area contributed by atoms with Gasteiger partial charge < -0.3 is 5.11 Å². The summed E-state index contributed by atoms with van der Waals surface area (Å²) in [6.45, 7) is 0. The average Bonchev–Trinajstić information content (AvgIpc) is 2.85. The van der Waals surface area contributed by atoms with Crippen molar-refractivity contribution in [2.75, 3.05) is 0 Å². The van der Waals surface area contributed by atoms with Gasteiger partial charge in [0.15, 0.2) is 0 Å². The summed E-state index contributed by atoms with van der Waals surface area (Å²) in [5.74, 6) is -0.148. The lowest BCUT2D eigenvalue weighted by Gasteiger charge is -2.01. The van der Waals surface area contributed by atoms with Gasteiger partial charge in [0.25, 0.3) is 5.91 Å². The molecule has 0 spiro atoms. The van der Waals surface area contributed by atoms with Crippen LogP contribution in [0.3, 0.4) is 0 Å². The molecule has 0 saturated carbocycles. The SMILES string of the molecule is O=C1N=C(c2ccccc2)S/C1=C/c1cc(Br)ccc1O. The van der Waals surface area contributed by atoms with Crippen LogP contribution < -0.4 is 0 Å². The molecule has 0 saturated heterocycles. The Morgan fingerprint density at radius 1 is 1.14 bits per heavy atom. The zero-order chi connectivity index (χ0) is 14.8. The van der Waals surface area contributed by atoms with E-state index in [4.69, 9.17) is 0 Å². The first kappa shape index (κ1) is 14.1. The molecule has 0 fully saturated rings. The Balaban J connectivity index is 1.91. The summed E-state index contributed by atoms with van der Waals surface area (Å²) in [6.07, 6.45) is 1.66. The largest absolute Gasteiger partial charge is 0.507 e. The fourth-order valence-corrected chi connectivity index (χ4v) is 3.18. The summed E-state index contributed by atoms with van der Waals surface area (Å²) in [7, 11) is 0. The predicted octanol–water partition coefficient (Wildman–Crippen LogP) is 4.22. The highest BCUT2D eigenvalue weighted by atomic mass is 79.9. The van der Waals surface area contributed by atoms with Gasteiger partial charge in [0, 0.05) is 15.6 Å². The molecule has 3 nitrogen and oxygen atoms in total. The lowest BCUT2D eigenvalue weighted by molar-refractivity contribution is -0.113. The van der Waals surface area contributed by atoms with Crippen LogP contribution >= 0.6 is 27.7 Å². The van der Waals surface area contributed by atoms with Crippen molar-refractivity contribution in [2.45, 2.75) is 0 Å². The third kappa shape index (κ3) is 3.09. The quantitative estimate of drug-likeness (QED) is 0.816. The molecule has 1 aliphatic heterocycles. The van der Waals surface area contributed by atoms with E-state index in [1.54, 1.807) is 24.3 Å². The second-order valence-corrected chi connectivity index (χ2v) is 6.35. The van der Waals surface area contributed by atoms with E-state index in [-0.39, 0.29) is 11.7 Å². The number of phenolic OH excluding ortho intramolecular Hbond substituents is 1. The number of carbonyl (C=O) groups excluding carboxylic acids is 1. The monoisotopic (exact) mass is 359 g/mol. The van der Waals surface area contributed by atoms with Crippen molar-refractivity contribution in [1.29, 1.82) is 0 Å². The van der Waals surface area contributed by atoms with Gasteiger partial charge in [-0.05, 0) is 24.3 Å². The van der Waals surface area contributed by atoms with Crippen molar-refractivity contribution in [2.24, 2.45) is 4.99 Å². The number of hydrogen-bond acceptors (Lipinski definition) is 3. The molecule has 21 heavy (non-hydrogen) atoms. The van der Waals surface area contributed by atoms with Crippen LogP contribution in [-0.2, 0) is 4.79 Å². The molecular formula is C16H10BrNO2S. The maximum atomic E-state index is 12.0. The Labute approximate surface area is 134 Å². The van der Waals surface area contributed by atoms with E-state index in [2.05, 4.69) is 20.9 Å². The third-order valence-corrected chi connectivity index (χ3v) is 4.44. The summed E-state index contributed by atoms with van der Waals surface area (Å²) in [5, 5.41) is 10.5. The molecule has 0 atom stereocenters. The molecule has 1 aliphatic rings. The molecule has 1 N–H and O–H groups in total. The van der Waals surface area contributed by atoms with Crippen molar-refractivity contribution in [1.82, 2.24) is 0 Å². The molecule has 2 aromatic carbocycles. The van der Waals surface area contributed by atoms with Gasteiger partial charge in [-0.25, -0.2) is 4.99 Å². The van der Waals surface area contributed by atoms with Gasteiger partial charge in [0.05, 0.1) is 4.91 Å². The Morgan fingerprint density at radius 3 is 2.67 bits per heavy atom. The molecule has 1 amide bonds. The third-order valence-electron chi connectivity index (χ3n) is 2.92. The number of aliphatic imine (C=N–C) groups is 1.